The van der Waals surface area contributed by atoms with Crippen molar-refractivity contribution in [2.24, 2.45) is 11.3 Å². The molecule has 1 aliphatic carbocycles. The molecule has 6 heteroatoms. The molecule has 1 aromatic heterocycles. The van der Waals surface area contributed by atoms with Gasteiger partial charge in [-0.25, -0.2) is 9.97 Å². The highest BCUT2D eigenvalue weighted by Crippen LogP contribution is 2.38. The van der Waals surface area contributed by atoms with Gasteiger partial charge in [-0.2, -0.15) is 0 Å². The molecule has 1 atom stereocenters. The summed E-state index contributed by atoms with van der Waals surface area (Å²) < 4.78 is 0. The van der Waals surface area contributed by atoms with Crippen molar-refractivity contribution < 1.29 is 9.59 Å². The minimum atomic E-state index is -0.612. The standard InChI is InChI=1S/C24H30N4O2/c1-2-27-23(30)24(11-6-12-28(16-24)22(29)18-8-5-9-18)13-19-7-3-4-10-21(19)20-14-25-17-26-15-20/h3-4,7,10,14-15,17-18H,2,5-6,8-9,11-13,16H2,1H3,(H,27,30)/t24-/m0/s1. The second-order valence-corrected chi connectivity index (χ2v) is 8.59. The van der Waals surface area contributed by atoms with Crippen molar-refractivity contribution in [3.63, 3.8) is 0 Å². The van der Waals surface area contributed by atoms with Crippen LogP contribution in [0.4, 0.5) is 0 Å². The van der Waals surface area contributed by atoms with Crippen molar-refractivity contribution in [2.75, 3.05) is 19.6 Å². The predicted molar refractivity (Wildman–Crippen MR) is 115 cm³/mol. The fourth-order valence-electron chi connectivity index (χ4n) is 4.75. The molecule has 1 N–H and O–H groups in total. The van der Waals surface area contributed by atoms with Gasteiger partial charge in [0, 0.05) is 43.5 Å². The molecule has 1 aromatic carbocycles. The van der Waals surface area contributed by atoms with Crippen LogP contribution < -0.4 is 5.32 Å². The number of carbonyl (C=O) groups is 2. The van der Waals surface area contributed by atoms with E-state index in [2.05, 4.69) is 27.4 Å². The maximum absolute atomic E-state index is 13.3. The van der Waals surface area contributed by atoms with E-state index < -0.39 is 5.41 Å². The van der Waals surface area contributed by atoms with Crippen molar-refractivity contribution >= 4 is 11.8 Å². The lowest BCUT2D eigenvalue weighted by atomic mass is 9.72. The molecular weight excluding hydrogens is 376 g/mol. The van der Waals surface area contributed by atoms with Crippen LogP contribution in [0.5, 0.6) is 0 Å². The number of aromatic nitrogens is 2. The minimum Gasteiger partial charge on any atom is -0.356 e. The molecule has 2 fully saturated rings. The lowest BCUT2D eigenvalue weighted by Crippen LogP contribution is -2.55. The number of piperidine rings is 1. The fraction of sp³-hybridized carbons (Fsp3) is 0.500. The van der Waals surface area contributed by atoms with Gasteiger partial charge in [0.05, 0.1) is 5.41 Å². The van der Waals surface area contributed by atoms with Crippen molar-refractivity contribution in [3.8, 4) is 11.1 Å². The Morgan fingerprint density at radius 2 is 1.93 bits per heavy atom. The monoisotopic (exact) mass is 406 g/mol. The molecule has 2 heterocycles. The highest BCUT2D eigenvalue weighted by atomic mass is 16.2. The first kappa shape index (κ1) is 20.5. The first-order valence-corrected chi connectivity index (χ1v) is 11.0. The maximum Gasteiger partial charge on any atom is 0.228 e. The average Bonchev–Trinajstić information content (AvgIpc) is 2.74. The molecule has 4 rings (SSSR count). The molecule has 1 aliphatic heterocycles. The van der Waals surface area contributed by atoms with Crippen molar-refractivity contribution in [3.05, 3.63) is 48.5 Å². The van der Waals surface area contributed by atoms with Crippen LogP contribution in [0.2, 0.25) is 0 Å². The van der Waals surface area contributed by atoms with E-state index in [1.165, 1.54) is 6.33 Å². The first-order chi connectivity index (χ1) is 14.6. The molecule has 2 amide bonds. The van der Waals surface area contributed by atoms with E-state index in [4.69, 9.17) is 0 Å². The van der Waals surface area contributed by atoms with Crippen LogP contribution >= 0.6 is 0 Å². The van der Waals surface area contributed by atoms with Crippen molar-refractivity contribution in [2.45, 2.75) is 45.4 Å². The summed E-state index contributed by atoms with van der Waals surface area (Å²) in [6, 6.07) is 8.14. The summed E-state index contributed by atoms with van der Waals surface area (Å²) in [6.45, 7) is 3.78. The van der Waals surface area contributed by atoms with Gasteiger partial charge in [0.1, 0.15) is 6.33 Å². The molecule has 1 saturated heterocycles. The Morgan fingerprint density at radius 1 is 1.17 bits per heavy atom. The van der Waals surface area contributed by atoms with Crippen LogP contribution in [0.3, 0.4) is 0 Å². The quantitative estimate of drug-likeness (QED) is 0.799. The number of benzene rings is 1. The maximum atomic E-state index is 13.3. The van der Waals surface area contributed by atoms with Crippen molar-refractivity contribution in [1.29, 1.82) is 0 Å². The molecule has 1 saturated carbocycles. The van der Waals surface area contributed by atoms with Gasteiger partial charge in [0.15, 0.2) is 0 Å². The normalized spacial score (nSPS) is 21.7. The number of nitrogens with one attached hydrogen (secondary N) is 1. The van der Waals surface area contributed by atoms with Crippen molar-refractivity contribution in [1.82, 2.24) is 20.2 Å². The molecule has 30 heavy (non-hydrogen) atoms. The molecule has 0 radical (unpaired) electrons. The number of carbonyl (C=O) groups excluding carboxylic acids is 2. The summed E-state index contributed by atoms with van der Waals surface area (Å²) in [5.41, 5.74) is 2.47. The third kappa shape index (κ3) is 4.09. The topological polar surface area (TPSA) is 75.2 Å². The van der Waals surface area contributed by atoms with Gasteiger partial charge in [-0.05, 0) is 50.2 Å². The second-order valence-electron chi connectivity index (χ2n) is 8.59. The van der Waals surface area contributed by atoms with Crippen LogP contribution in [0, 0.1) is 11.3 Å². The lowest BCUT2D eigenvalue weighted by molar-refractivity contribution is -0.146. The summed E-state index contributed by atoms with van der Waals surface area (Å²) in [5.74, 6) is 0.443. The van der Waals surface area contributed by atoms with E-state index in [1.54, 1.807) is 12.4 Å². The average molecular weight is 407 g/mol. The third-order valence-electron chi connectivity index (χ3n) is 6.58. The first-order valence-electron chi connectivity index (χ1n) is 11.0. The molecule has 2 aliphatic rings. The van der Waals surface area contributed by atoms with Crippen LogP contribution in [0.1, 0.15) is 44.6 Å². The van der Waals surface area contributed by atoms with E-state index in [0.717, 1.165) is 55.3 Å². The van der Waals surface area contributed by atoms with Gasteiger partial charge in [0.25, 0.3) is 0 Å². The van der Waals surface area contributed by atoms with Gasteiger partial charge in [-0.15, -0.1) is 0 Å². The highest BCUT2D eigenvalue weighted by molar-refractivity contribution is 5.86. The van der Waals surface area contributed by atoms with Gasteiger partial charge >= 0.3 is 0 Å². The zero-order valence-electron chi connectivity index (χ0n) is 17.6. The Bertz CT molecular complexity index is 897. The summed E-state index contributed by atoms with van der Waals surface area (Å²) in [4.78, 5) is 36.6. The van der Waals surface area contributed by atoms with E-state index in [-0.39, 0.29) is 17.7 Å². The number of rotatable bonds is 6. The van der Waals surface area contributed by atoms with E-state index in [9.17, 15) is 9.59 Å². The van der Waals surface area contributed by atoms with Gasteiger partial charge in [-0.1, -0.05) is 30.7 Å². The van der Waals surface area contributed by atoms with E-state index in [1.807, 2.05) is 24.0 Å². The minimum absolute atomic E-state index is 0.0511. The molecule has 0 unspecified atom stereocenters. The van der Waals surface area contributed by atoms with Crippen LogP contribution in [-0.2, 0) is 16.0 Å². The molecule has 2 aromatic rings. The summed E-state index contributed by atoms with van der Waals surface area (Å²) in [5, 5.41) is 3.05. The van der Waals surface area contributed by atoms with Gasteiger partial charge in [0.2, 0.25) is 11.8 Å². The SMILES string of the molecule is CCNC(=O)[C@]1(Cc2ccccc2-c2cncnc2)CCCN(C(=O)C2CCC2)C1. The Morgan fingerprint density at radius 3 is 2.63 bits per heavy atom. The van der Waals surface area contributed by atoms with E-state index in [0.29, 0.717) is 19.5 Å². The predicted octanol–water partition coefficient (Wildman–Crippen LogP) is 3.23. The Labute approximate surface area is 178 Å². The number of likely N-dealkylation sites (tertiary alicyclic amines) is 1. The Kier molecular flexibility index (Phi) is 6.11. The van der Waals surface area contributed by atoms with E-state index >= 15 is 0 Å². The molecule has 0 spiro atoms. The molecule has 158 valence electrons. The van der Waals surface area contributed by atoms with Gasteiger partial charge in [-0.3, -0.25) is 9.59 Å². The molecule has 0 bridgehead atoms. The highest BCUT2D eigenvalue weighted by Gasteiger charge is 2.45. The summed E-state index contributed by atoms with van der Waals surface area (Å²) in [7, 11) is 0. The zero-order chi connectivity index (χ0) is 21.0. The molecule has 6 nitrogen and oxygen atoms in total. The zero-order valence-corrected chi connectivity index (χ0v) is 17.6. The summed E-state index contributed by atoms with van der Waals surface area (Å²) >= 11 is 0. The number of amides is 2. The lowest BCUT2D eigenvalue weighted by Gasteiger charge is -2.44. The number of hydrogen-bond acceptors (Lipinski definition) is 4. The smallest absolute Gasteiger partial charge is 0.228 e. The number of hydrogen-bond donors (Lipinski definition) is 1. The molecular formula is C24H30N4O2. The van der Waals surface area contributed by atoms with Gasteiger partial charge < -0.3 is 10.2 Å². The largest absolute Gasteiger partial charge is 0.356 e. The number of nitrogens with zero attached hydrogens (tertiary/aromatic N) is 3. The Hall–Kier alpha value is -2.76. The van der Waals surface area contributed by atoms with Crippen LogP contribution in [0.25, 0.3) is 11.1 Å². The fourth-order valence-corrected chi connectivity index (χ4v) is 4.75. The summed E-state index contributed by atoms with van der Waals surface area (Å²) in [6.07, 6.45) is 10.5. The van der Waals surface area contributed by atoms with Crippen LogP contribution in [0.15, 0.2) is 43.0 Å². The third-order valence-corrected chi connectivity index (χ3v) is 6.58. The second kappa shape index (κ2) is 8.94. The Balaban J connectivity index is 1.65. The van der Waals surface area contributed by atoms with Crippen LogP contribution in [-0.4, -0.2) is 46.3 Å².